The highest BCUT2D eigenvalue weighted by atomic mass is 19.1. The molecule has 0 spiro atoms. The van der Waals surface area contributed by atoms with Crippen LogP contribution in [0.15, 0.2) is 30.3 Å². The molecule has 0 bridgehead atoms. The summed E-state index contributed by atoms with van der Waals surface area (Å²) in [7, 11) is 1.88. The Kier molecular flexibility index (Phi) is 3.26. The van der Waals surface area contributed by atoms with E-state index in [2.05, 4.69) is 9.97 Å². The van der Waals surface area contributed by atoms with Gasteiger partial charge < -0.3 is 10.6 Å². The van der Waals surface area contributed by atoms with Crippen LogP contribution in [0.1, 0.15) is 30.1 Å². The van der Waals surface area contributed by atoms with Crippen LogP contribution in [0.2, 0.25) is 0 Å². The van der Waals surface area contributed by atoms with E-state index in [1.54, 1.807) is 18.2 Å². The minimum absolute atomic E-state index is 0.205. The Labute approximate surface area is 117 Å². The van der Waals surface area contributed by atoms with Gasteiger partial charge in [0.05, 0.1) is 0 Å². The lowest BCUT2D eigenvalue weighted by Gasteiger charge is -2.19. The Morgan fingerprint density at radius 1 is 1.30 bits per heavy atom. The lowest BCUT2D eigenvalue weighted by Crippen LogP contribution is -2.19. The van der Waals surface area contributed by atoms with Crippen molar-refractivity contribution < 1.29 is 4.39 Å². The fraction of sp³-hybridized carbons (Fsp3) is 0.333. The third-order valence-electron chi connectivity index (χ3n) is 3.45. The number of aromatic nitrogens is 2. The molecule has 1 saturated carbocycles. The fourth-order valence-corrected chi connectivity index (χ4v) is 2.15. The average Bonchev–Trinajstić information content (AvgIpc) is 3.25. The van der Waals surface area contributed by atoms with Crippen LogP contribution in [0.3, 0.4) is 0 Å². The summed E-state index contributed by atoms with van der Waals surface area (Å²) >= 11 is 0. The highest BCUT2D eigenvalue weighted by Crippen LogP contribution is 2.38. The topological polar surface area (TPSA) is 55.0 Å². The molecule has 2 aromatic rings. The molecule has 5 heteroatoms. The number of rotatable bonds is 4. The smallest absolute Gasteiger partial charge is 0.136 e. The van der Waals surface area contributed by atoms with Gasteiger partial charge >= 0.3 is 0 Å². The molecule has 0 aliphatic heterocycles. The zero-order valence-electron chi connectivity index (χ0n) is 11.4. The van der Waals surface area contributed by atoms with Crippen LogP contribution in [0, 0.1) is 5.82 Å². The zero-order valence-corrected chi connectivity index (χ0v) is 11.4. The molecule has 1 fully saturated rings. The van der Waals surface area contributed by atoms with Crippen LogP contribution < -0.4 is 10.6 Å². The van der Waals surface area contributed by atoms with Gasteiger partial charge in [-0.05, 0) is 18.9 Å². The third-order valence-corrected chi connectivity index (χ3v) is 3.45. The summed E-state index contributed by atoms with van der Waals surface area (Å²) in [6.07, 6.45) is 2.25. The molecule has 1 heterocycles. The average molecular weight is 272 g/mol. The summed E-state index contributed by atoms with van der Waals surface area (Å²) in [6.45, 7) is 0.452. The van der Waals surface area contributed by atoms with Gasteiger partial charge in [-0.2, -0.15) is 0 Å². The number of nitrogens with two attached hydrogens (primary N) is 1. The van der Waals surface area contributed by atoms with Gasteiger partial charge in [0.25, 0.3) is 0 Å². The van der Waals surface area contributed by atoms with Gasteiger partial charge in [-0.25, -0.2) is 14.4 Å². The van der Waals surface area contributed by atoms with E-state index in [4.69, 9.17) is 5.73 Å². The van der Waals surface area contributed by atoms with E-state index in [9.17, 15) is 4.39 Å². The molecule has 2 N–H and O–H groups in total. The predicted octanol–water partition coefficient (Wildman–Crippen LogP) is 2.71. The molecule has 1 aromatic carbocycles. The number of nitrogens with zero attached hydrogens (tertiary/aromatic N) is 3. The van der Waals surface area contributed by atoms with Crippen molar-refractivity contribution in [3.8, 4) is 0 Å². The first-order valence-electron chi connectivity index (χ1n) is 6.72. The molecule has 0 atom stereocenters. The van der Waals surface area contributed by atoms with Crippen molar-refractivity contribution in [2.24, 2.45) is 0 Å². The summed E-state index contributed by atoms with van der Waals surface area (Å²) in [5, 5.41) is 0. The summed E-state index contributed by atoms with van der Waals surface area (Å²) in [5.74, 6) is 2.25. The first kappa shape index (κ1) is 12.8. The van der Waals surface area contributed by atoms with E-state index in [0.717, 1.165) is 24.5 Å². The SMILES string of the molecule is CN(Cc1ccccc1F)c1cc(N)nc(C2CC2)n1. The van der Waals surface area contributed by atoms with Crippen LogP contribution in [0.4, 0.5) is 16.0 Å². The number of nitrogen functional groups attached to an aromatic ring is 1. The lowest BCUT2D eigenvalue weighted by atomic mass is 10.2. The number of halogens is 1. The van der Waals surface area contributed by atoms with Crippen LogP contribution in [-0.4, -0.2) is 17.0 Å². The molecule has 104 valence electrons. The zero-order chi connectivity index (χ0) is 14.1. The van der Waals surface area contributed by atoms with Crippen molar-refractivity contribution in [3.05, 3.63) is 47.5 Å². The Morgan fingerprint density at radius 3 is 2.75 bits per heavy atom. The van der Waals surface area contributed by atoms with Crippen LogP contribution in [0.25, 0.3) is 0 Å². The molecule has 20 heavy (non-hydrogen) atoms. The maximum absolute atomic E-state index is 13.7. The molecule has 0 amide bonds. The molecule has 1 aliphatic rings. The molecule has 0 unspecified atom stereocenters. The minimum atomic E-state index is -0.205. The summed E-state index contributed by atoms with van der Waals surface area (Å²) < 4.78 is 13.7. The van der Waals surface area contributed by atoms with Crippen molar-refractivity contribution in [3.63, 3.8) is 0 Å². The molecule has 1 aliphatic carbocycles. The van der Waals surface area contributed by atoms with Crippen LogP contribution in [0.5, 0.6) is 0 Å². The standard InChI is InChI=1S/C15H17FN4/c1-20(9-11-4-2-3-5-12(11)16)14-8-13(17)18-15(19-14)10-6-7-10/h2-5,8,10H,6-7,9H2,1H3,(H2,17,18,19). The second kappa shape index (κ2) is 5.07. The van der Waals surface area contributed by atoms with E-state index < -0.39 is 0 Å². The molecule has 4 nitrogen and oxygen atoms in total. The van der Waals surface area contributed by atoms with Gasteiger partial charge in [-0.15, -0.1) is 0 Å². The molecular weight excluding hydrogens is 255 g/mol. The van der Waals surface area contributed by atoms with Gasteiger partial charge in [-0.3, -0.25) is 0 Å². The van der Waals surface area contributed by atoms with Gasteiger partial charge in [0.2, 0.25) is 0 Å². The third kappa shape index (κ3) is 2.71. The quantitative estimate of drug-likeness (QED) is 0.929. The van der Waals surface area contributed by atoms with E-state index in [-0.39, 0.29) is 5.82 Å². The number of hydrogen-bond acceptors (Lipinski definition) is 4. The molecule has 1 aromatic heterocycles. The van der Waals surface area contributed by atoms with Crippen LogP contribution >= 0.6 is 0 Å². The number of benzene rings is 1. The monoisotopic (exact) mass is 272 g/mol. The van der Waals surface area contributed by atoms with Crippen molar-refractivity contribution in [2.45, 2.75) is 25.3 Å². The van der Waals surface area contributed by atoms with Crippen molar-refractivity contribution in [1.29, 1.82) is 0 Å². The van der Waals surface area contributed by atoms with Gasteiger partial charge in [-0.1, -0.05) is 18.2 Å². The maximum atomic E-state index is 13.7. The largest absolute Gasteiger partial charge is 0.384 e. The van der Waals surface area contributed by atoms with Crippen molar-refractivity contribution >= 4 is 11.6 Å². The van der Waals surface area contributed by atoms with E-state index in [1.807, 2.05) is 18.0 Å². The Bertz CT molecular complexity index is 625. The van der Waals surface area contributed by atoms with Gasteiger partial charge in [0.1, 0.15) is 23.3 Å². The van der Waals surface area contributed by atoms with Gasteiger partial charge in [0.15, 0.2) is 0 Å². The van der Waals surface area contributed by atoms with Crippen molar-refractivity contribution in [2.75, 3.05) is 17.7 Å². The summed E-state index contributed by atoms with van der Waals surface area (Å²) in [5.41, 5.74) is 6.47. The molecular formula is C15H17FN4. The number of hydrogen-bond donors (Lipinski definition) is 1. The normalized spacial score (nSPS) is 14.3. The number of anilines is 2. The summed E-state index contributed by atoms with van der Waals surface area (Å²) in [4.78, 5) is 10.7. The van der Waals surface area contributed by atoms with Crippen molar-refractivity contribution in [1.82, 2.24) is 9.97 Å². The van der Waals surface area contributed by atoms with E-state index >= 15 is 0 Å². The Hall–Kier alpha value is -2.17. The second-order valence-corrected chi connectivity index (χ2v) is 5.23. The molecule has 3 rings (SSSR count). The second-order valence-electron chi connectivity index (χ2n) is 5.23. The lowest BCUT2D eigenvalue weighted by molar-refractivity contribution is 0.607. The molecule has 0 saturated heterocycles. The highest BCUT2D eigenvalue weighted by Gasteiger charge is 2.27. The predicted molar refractivity (Wildman–Crippen MR) is 76.9 cm³/mol. The Morgan fingerprint density at radius 2 is 2.05 bits per heavy atom. The molecule has 0 radical (unpaired) electrons. The summed E-state index contributed by atoms with van der Waals surface area (Å²) in [6, 6.07) is 8.49. The van der Waals surface area contributed by atoms with Gasteiger partial charge in [0, 0.05) is 31.1 Å². The van der Waals surface area contributed by atoms with E-state index in [1.165, 1.54) is 6.07 Å². The maximum Gasteiger partial charge on any atom is 0.136 e. The fourth-order valence-electron chi connectivity index (χ4n) is 2.15. The first-order chi connectivity index (χ1) is 9.63. The van der Waals surface area contributed by atoms with E-state index in [0.29, 0.717) is 23.8 Å². The first-order valence-corrected chi connectivity index (χ1v) is 6.72. The Balaban J connectivity index is 1.83. The van der Waals surface area contributed by atoms with Crippen LogP contribution in [-0.2, 0) is 6.54 Å². The highest BCUT2D eigenvalue weighted by molar-refractivity contribution is 5.47. The minimum Gasteiger partial charge on any atom is -0.384 e.